The van der Waals surface area contributed by atoms with Crippen molar-refractivity contribution in [3.8, 4) is 0 Å². The summed E-state index contributed by atoms with van der Waals surface area (Å²) in [7, 11) is -3.50. The molecule has 2 unspecified atom stereocenters. The highest BCUT2D eigenvalue weighted by Gasteiger charge is 2.31. The molecular formula is C31H28Cl2N2O7S. The van der Waals surface area contributed by atoms with Crippen LogP contribution in [0, 0.1) is 5.92 Å². The van der Waals surface area contributed by atoms with E-state index < -0.39 is 27.8 Å². The molecule has 0 aliphatic heterocycles. The number of hydrogen-bond acceptors (Lipinski definition) is 6. The van der Waals surface area contributed by atoms with E-state index in [9.17, 15) is 27.9 Å². The third-order valence-corrected chi connectivity index (χ3v) is 9.40. The van der Waals surface area contributed by atoms with Crippen LogP contribution in [0.3, 0.4) is 0 Å². The van der Waals surface area contributed by atoms with E-state index in [1.807, 2.05) is 24.3 Å². The quantitative estimate of drug-likeness (QED) is 0.233. The Labute approximate surface area is 258 Å². The van der Waals surface area contributed by atoms with Gasteiger partial charge in [-0.3, -0.25) is 9.59 Å². The van der Waals surface area contributed by atoms with Crippen molar-refractivity contribution in [2.45, 2.75) is 43.2 Å². The first-order chi connectivity index (χ1) is 20.4. The monoisotopic (exact) mass is 642 g/mol. The summed E-state index contributed by atoms with van der Waals surface area (Å²) >= 11 is 13.2. The molecule has 12 heteroatoms. The molecule has 5 rings (SSSR count). The first kappa shape index (κ1) is 30.6. The van der Waals surface area contributed by atoms with Gasteiger partial charge < -0.3 is 20.2 Å². The van der Waals surface area contributed by atoms with Crippen LogP contribution in [0.2, 0.25) is 10.0 Å². The maximum absolute atomic E-state index is 13.3. The van der Waals surface area contributed by atoms with E-state index in [-0.39, 0.29) is 38.8 Å². The van der Waals surface area contributed by atoms with Crippen LogP contribution in [0.1, 0.15) is 39.0 Å². The van der Waals surface area contributed by atoms with Gasteiger partial charge in [-0.05, 0) is 71.8 Å². The van der Waals surface area contributed by atoms with Gasteiger partial charge in [-0.15, -0.1) is 0 Å². The standard InChI is InChI=1S/C31H28Cl2N2O7S/c1-43(40,41)22-4-2-3-17(11-22)12-25(31(38)39)35-30(37)27-24(32)15-21-14-20(7-8-23(21)28(27)33)29(36)34-16-18-5-6-19-9-10-42-26(19)13-18/h2-6,9-11,13,15,20,25H,7-8,12,14,16H2,1H3,(H,34,36)(H,35,37)(H,38,39). The number of sulfone groups is 1. The van der Waals surface area contributed by atoms with E-state index in [0.29, 0.717) is 36.9 Å². The predicted octanol–water partition coefficient (Wildman–Crippen LogP) is 4.99. The van der Waals surface area contributed by atoms with Crippen molar-refractivity contribution >= 4 is 61.8 Å². The molecule has 3 aromatic carbocycles. The van der Waals surface area contributed by atoms with E-state index >= 15 is 0 Å². The topological polar surface area (TPSA) is 143 Å². The van der Waals surface area contributed by atoms with Crippen molar-refractivity contribution in [2.75, 3.05) is 6.26 Å². The van der Waals surface area contributed by atoms with Crippen molar-refractivity contribution in [3.05, 3.63) is 98.7 Å². The first-order valence-corrected chi connectivity index (χ1v) is 16.1. The number of furan rings is 1. The molecular weight excluding hydrogens is 615 g/mol. The van der Waals surface area contributed by atoms with Crippen molar-refractivity contribution in [2.24, 2.45) is 5.92 Å². The van der Waals surface area contributed by atoms with Gasteiger partial charge in [-0.25, -0.2) is 13.2 Å². The average Bonchev–Trinajstić information content (AvgIpc) is 3.43. The van der Waals surface area contributed by atoms with Crippen LogP contribution in [0.4, 0.5) is 0 Å². The fourth-order valence-corrected chi connectivity index (χ4v) is 6.75. The van der Waals surface area contributed by atoms with Gasteiger partial charge in [-0.1, -0.05) is 47.5 Å². The van der Waals surface area contributed by atoms with Crippen LogP contribution in [-0.4, -0.2) is 43.6 Å². The van der Waals surface area contributed by atoms with Crippen LogP contribution in [0.25, 0.3) is 11.0 Å². The molecule has 2 amide bonds. The molecule has 2 atom stereocenters. The van der Waals surface area contributed by atoms with Crippen molar-refractivity contribution in [1.29, 1.82) is 0 Å². The second kappa shape index (κ2) is 12.4. The molecule has 1 heterocycles. The normalized spacial score (nSPS) is 15.5. The molecule has 1 aliphatic rings. The Bertz CT molecular complexity index is 1850. The van der Waals surface area contributed by atoms with Gasteiger partial charge in [-0.2, -0.15) is 0 Å². The third kappa shape index (κ3) is 6.87. The summed E-state index contributed by atoms with van der Waals surface area (Å²) in [5, 5.41) is 16.4. The zero-order chi connectivity index (χ0) is 30.9. The summed E-state index contributed by atoms with van der Waals surface area (Å²) in [5.41, 5.74) is 3.48. The molecule has 43 heavy (non-hydrogen) atoms. The van der Waals surface area contributed by atoms with E-state index in [2.05, 4.69) is 10.6 Å². The van der Waals surface area contributed by atoms with Crippen molar-refractivity contribution < 1.29 is 32.3 Å². The average molecular weight is 644 g/mol. The molecule has 0 spiro atoms. The van der Waals surface area contributed by atoms with Crippen molar-refractivity contribution in [1.82, 2.24) is 10.6 Å². The Morgan fingerprint density at radius 1 is 1.07 bits per heavy atom. The van der Waals surface area contributed by atoms with E-state index in [0.717, 1.165) is 28.4 Å². The van der Waals surface area contributed by atoms with Crippen molar-refractivity contribution in [3.63, 3.8) is 0 Å². The molecule has 0 saturated carbocycles. The summed E-state index contributed by atoms with van der Waals surface area (Å²) in [4.78, 5) is 38.3. The summed E-state index contributed by atoms with van der Waals surface area (Å²) in [6.45, 7) is 0.350. The summed E-state index contributed by atoms with van der Waals surface area (Å²) < 4.78 is 29.2. The molecule has 4 aromatic rings. The number of carboxylic acids is 1. The van der Waals surface area contributed by atoms with E-state index in [1.165, 1.54) is 18.2 Å². The Hall–Kier alpha value is -3.86. The lowest BCUT2D eigenvalue weighted by molar-refractivity contribution is -0.139. The highest BCUT2D eigenvalue weighted by Crippen LogP contribution is 2.37. The number of aliphatic carboxylic acids is 1. The van der Waals surface area contributed by atoms with Crippen LogP contribution < -0.4 is 10.6 Å². The number of carbonyl (C=O) groups excluding carboxylic acids is 2. The van der Waals surface area contributed by atoms with Crippen LogP contribution in [0.5, 0.6) is 0 Å². The lowest BCUT2D eigenvalue weighted by atomic mass is 9.82. The van der Waals surface area contributed by atoms with Gasteiger partial charge >= 0.3 is 5.97 Å². The van der Waals surface area contributed by atoms with Gasteiger partial charge in [0.2, 0.25) is 5.91 Å². The lowest BCUT2D eigenvalue weighted by Gasteiger charge is -2.26. The molecule has 3 N–H and O–H groups in total. The summed E-state index contributed by atoms with van der Waals surface area (Å²) in [5.74, 6) is -2.49. The predicted molar refractivity (Wildman–Crippen MR) is 162 cm³/mol. The number of halogens is 2. The largest absolute Gasteiger partial charge is 0.480 e. The fraction of sp³-hybridized carbons (Fsp3) is 0.258. The highest BCUT2D eigenvalue weighted by atomic mass is 35.5. The van der Waals surface area contributed by atoms with Crippen LogP contribution in [0.15, 0.2) is 70.2 Å². The van der Waals surface area contributed by atoms with Crippen LogP contribution >= 0.6 is 23.2 Å². The SMILES string of the molecule is CS(=O)(=O)c1cccc(CC(NC(=O)c2c(Cl)cc3c(c2Cl)CCC(C(=O)NCc2ccc4ccoc4c2)C3)C(=O)O)c1. The Kier molecular flexibility index (Phi) is 8.82. The number of amides is 2. The van der Waals surface area contributed by atoms with Gasteiger partial charge in [0.05, 0.1) is 26.8 Å². The molecule has 224 valence electrons. The van der Waals surface area contributed by atoms with Gasteiger partial charge in [0.15, 0.2) is 9.84 Å². The zero-order valence-electron chi connectivity index (χ0n) is 23.0. The molecule has 1 aliphatic carbocycles. The minimum atomic E-state index is -3.50. The van der Waals surface area contributed by atoms with E-state index in [4.69, 9.17) is 27.6 Å². The molecule has 0 fully saturated rings. The maximum Gasteiger partial charge on any atom is 0.326 e. The lowest BCUT2D eigenvalue weighted by Crippen LogP contribution is -2.42. The molecule has 0 saturated heterocycles. The Morgan fingerprint density at radius 3 is 2.60 bits per heavy atom. The number of rotatable bonds is 9. The first-order valence-electron chi connectivity index (χ1n) is 13.5. The Morgan fingerprint density at radius 2 is 1.86 bits per heavy atom. The minimum Gasteiger partial charge on any atom is -0.480 e. The number of benzene rings is 3. The molecule has 0 radical (unpaired) electrons. The minimum absolute atomic E-state index is 0.0391. The fourth-order valence-electron chi connectivity index (χ4n) is 5.29. The molecule has 0 bridgehead atoms. The highest BCUT2D eigenvalue weighted by molar-refractivity contribution is 7.90. The molecule has 9 nitrogen and oxygen atoms in total. The van der Waals surface area contributed by atoms with Crippen LogP contribution in [-0.2, 0) is 45.2 Å². The number of hydrogen-bond donors (Lipinski definition) is 3. The number of carbonyl (C=O) groups is 3. The molecule has 1 aromatic heterocycles. The zero-order valence-corrected chi connectivity index (χ0v) is 25.4. The number of fused-ring (bicyclic) bond motifs is 2. The Balaban J connectivity index is 1.27. The number of nitrogens with one attached hydrogen (secondary N) is 2. The van der Waals surface area contributed by atoms with Gasteiger partial charge in [0.1, 0.15) is 11.6 Å². The number of carboxylic acid groups (broad SMARTS) is 1. The van der Waals surface area contributed by atoms with E-state index in [1.54, 1.807) is 18.4 Å². The second-order valence-electron chi connectivity index (χ2n) is 10.6. The summed E-state index contributed by atoms with van der Waals surface area (Å²) in [6, 6.07) is 13.7. The van der Waals surface area contributed by atoms with Gasteiger partial charge in [0, 0.05) is 30.5 Å². The third-order valence-electron chi connectivity index (χ3n) is 7.58. The summed E-state index contributed by atoms with van der Waals surface area (Å²) in [6.07, 6.45) is 3.84. The van der Waals surface area contributed by atoms with Gasteiger partial charge in [0.25, 0.3) is 5.91 Å². The second-order valence-corrected chi connectivity index (χ2v) is 13.4. The smallest absolute Gasteiger partial charge is 0.326 e. The maximum atomic E-state index is 13.3.